The first-order valence-corrected chi connectivity index (χ1v) is 10.2. The molecule has 0 unspecified atom stereocenters. The fraction of sp³-hybridized carbons (Fsp3) is 0.500. The van der Waals surface area contributed by atoms with E-state index in [0.717, 1.165) is 12.2 Å². The van der Waals surface area contributed by atoms with E-state index in [0.29, 0.717) is 24.9 Å². The zero-order valence-electron chi connectivity index (χ0n) is 17.5. The van der Waals surface area contributed by atoms with Gasteiger partial charge in [0, 0.05) is 24.5 Å². The van der Waals surface area contributed by atoms with E-state index in [1.54, 1.807) is 10.8 Å². The normalized spacial score (nSPS) is 19.7. The molecule has 0 aliphatic carbocycles. The summed E-state index contributed by atoms with van der Waals surface area (Å²) in [5.41, 5.74) is 0.910. The lowest BCUT2D eigenvalue weighted by atomic mass is 9.92. The van der Waals surface area contributed by atoms with Gasteiger partial charge in [0.05, 0.1) is 6.20 Å². The topological polar surface area (TPSA) is 75.1 Å². The van der Waals surface area contributed by atoms with Crippen LogP contribution in [0.4, 0.5) is 0 Å². The molecule has 0 saturated carbocycles. The molecular formula is C22H28N4O3. The molecule has 0 amide bonds. The minimum Gasteiger partial charge on any atom is -0.443 e. The molecule has 1 aromatic carbocycles. The summed E-state index contributed by atoms with van der Waals surface area (Å²) in [5, 5.41) is 4.65. The average Bonchev–Trinajstić information content (AvgIpc) is 3.42. The Bertz CT molecular complexity index is 1030. The third-order valence-corrected chi connectivity index (χ3v) is 5.42. The van der Waals surface area contributed by atoms with Crippen molar-refractivity contribution in [2.24, 2.45) is 0 Å². The molecule has 3 heterocycles. The van der Waals surface area contributed by atoms with Crippen molar-refractivity contribution < 1.29 is 9.15 Å². The summed E-state index contributed by atoms with van der Waals surface area (Å²) in [6, 6.07) is 10.3. The summed E-state index contributed by atoms with van der Waals surface area (Å²) in [6.07, 6.45) is 2.40. The van der Waals surface area contributed by atoms with Gasteiger partial charge in [-0.25, -0.2) is 14.5 Å². The molecule has 0 N–H and O–H groups in total. The molecule has 7 nitrogen and oxygen atoms in total. The average molecular weight is 396 g/mol. The summed E-state index contributed by atoms with van der Waals surface area (Å²) < 4.78 is 15.0. The Hall–Kier alpha value is -2.67. The summed E-state index contributed by atoms with van der Waals surface area (Å²) >= 11 is 0. The standard InChI is InChI=1S/C22H28N4O3/c1-5-25-20(19-16(11-12-28-19)15-9-7-6-8-10-15)24-26(21(25)27)14-18-23-13-17(29-18)22(2,3)4/h6-10,13,16,19H,5,11-12,14H2,1-4H3/t16-,19-/m0/s1. The number of ether oxygens (including phenoxy) is 1. The fourth-order valence-corrected chi connectivity index (χ4v) is 3.81. The number of nitrogens with zero attached hydrogens (tertiary/aromatic N) is 4. The Morgan fingerprint density at radius 1 is 1.21 bits per heavy atom. The van der Waals surface area contributed by atoms with E-state index < -0.39 is 0 Å². The maximum atomic E-state index is 13.0. The van der Waals surface area contributed by atoms with Gasteiger partial charge in [-0.2, -0.15) is 5.10 Å². The smallest absolute Gasteiger partial charge is 0.346 e. The van der Waals surface area contributed by atoms with E-state index in [1.165, 1.54) is 10.2 Å². The predicted molar refractivity (Wildman–Crippen MR) is 109 cm³/mol. The third-order valence-electron chi connectivity index (χ3n) is 5.42. The third kappa shape index (κ3) is 3.79. The monoisotopic (exact) mass is 396 g/mol. The first kappa shape index (κ1) is 19.6. The predicted octanol–water partition coefficient (Wildman–Crippen LogP) is 3.64. The van der Waals surface area contributed by atoms with Gasteiger partial charge < -0.3 is 9.15 Å². The van der Waals surface area contributed by atoms with Crippen LogP contribution in [-0.4, -0.2) is 25.9 Å². The van der Waals surface area contributed by atoms with Crippen molar-refractivity contribution in [1.29, 1.82) is 0 Å². The van der Waals surface area contributed by atoms with Gasteiger partial charge in [-0.05, 0) is 18.9 Å². The number of hydrogen-bond acceptors (Lipinski definition) is 5. The molecule has 0 spiro atoms. The Balaban J connectivity index is 1.65. The van der Waals surface area contributed by atoms with E-state index in [2.05, 4.69) is 43.0 Å². The SMILES string of the molecule is CCn1c([C@H]2OCC[C@H]2c2ccccc2)nn(Cc2ncc(C(C)(C)C)o2)c1=O. The van der Waals surface area contributed by atoms with E-state index in [-0.39, 0.29) is 29.7 Å². The van der Waals surface area contributed by atoms with Crippen molar-refractivity contribution in [2.75, 3.05) is 6.61 Å². The van der Waals surface area contributed by atoms with Gasteiger partial charge in [0.2, 0.25) is 5.89 Å². The lowest BCUT2D eigenvalue weighted by Crippen LogP contribution is -2.26. The number of aromatic nitrogens is 4. The maximum absolute atomic E-state index is 13.0. The quantitative estimate of drug-likeness (QED) is 0.658. The Kier molecular flexibility index (Phi) is 5.17. The first-order chi connectivity index (χ1) is 13.9. The van der Waals surface area contributed by atoms with E-state index in [1.807, 2.05) is 25.1 Å². The molecule has 1 fully saturated rings. The van der Waals surface area contributed by atoms with Crippen LogP contribution in [0.25, 0.3) is 0 Å². The van der Waals surface area contributed by atoms with Gasteiger partial charge in [0.15, 0.2) is 5.82 Å². The van der Waals surface area contributed by atoms with Crippen LogP contribution in [-0.2, 0) is 23.2 Å². The fourth-order valence-electron chi connectivity index (χ4n) is 3.81. The van der Waals surface area contributed by atoms with Crippen LogP contribution in [0.3, 0.4) is 0 Å². The molecule has 1 aliphatic rings. The number of benzene rings is 1. The van der Waals surface area contributed by atoms with Gasteiger partial charge >= 0.3 is 5.69 Å². The zero-order chi connectivity index (χ0) is 20.6. The van der Waals surface area contributed by atoms with Crippen LogP contribution in [0.1, 0.15) is 69.2 Å². The highest BCUT2D eigenvalue weighted by Gasteiger charge is 2.35. The maximum Gasteiger partial charge on any atom is 0.346 e. The van der Waals surface area contributed by atoms with Crippen molar-refractivity contribution in [1.82, 2.24) is 19.3 Å². The molecule has 29 heavy (non-hydrogen) atoms. The van der Waals surface area contributed by atoms with Crippen LogP contribution in [0, 0.1) is 0 Å². The minimum atomic E-state index is -0.235. The summed E-state index contributed by atoms with van der Waals surface area (Å²) in [4.78, 5) is 17.3. The number of rotatable bonds is 5. The lowest BCUT2D eigenvalue weighted by Gasteiger charge is -2.18. The van der Waals surface area contributed by atoms with Crippen LogP contribution < -0.4 is 5.69 Å². The van der Waals surface area contributed by atoms with E-state index in [9.17, 15) is 4.79 Å². The Labute approximate surface area is 170 Å². The summed E-state index contributed by atoms with van der Waals surface area (Å²) in [6.45, 7) is 9.54. The van der Waals surface area contributed by atoms with Crippen molar-refractivity contribution in [3.8, 4) is 0 Å². The minimum absolute atomic E-state index is 0.134. The van der Waals surface area contributed by atoms with Gasteiger partial charge in [-0.3, -0.25) is 4.57 Å². The summed E-state index contributed by atoms with van der Waals surface area (Å²) in [7, 11) is 0. The molecule has 2 atom stereocenters. The van der Waals surface area contributed by atoms with Crippen molar-refractivity contribution >= 4 is 0 Å². The van der Waals surface area contributed by atoms with Crippen LogP contribution >= 0.6 is 0 Å². The lowest BCUT2D eigenvalue weighted by molar-refractivity contribution is 0.0933. The molecule has 2 aromatic heterocycles. The van der Waals surface area contributed by atoms with Crippen LogP contribution in [0.5, 0.6) is 0 Å². The zero-order valence-corrected chi connectivity index (χ0v) is 17.5. The first-order valence-electron chi connectivity index (χ1n) is 10.2. The van der Waals surface area contributed by atoms with Gasteiger partial charge in [0.1, 0.15) is 18.4 Å². The second kappa shape index (κ2) is 7.63. The van der Waals surface area contributed by atoms with Gasteiger partial charge in [0.25, 0.3) is 0 Å². The Morgan fingerprint density at radius 2 is 1.97 bits per heavy atom. The molecule has 0 radical (unpaired) electrons. The van der Waals surface area contributed by atoms with Crippen molar-refractivity contribution in [3.05, 3.63) is 70.1 Å². The second-order valence-corrected chi connectivity index (χ2v) is 8.51. The van der Waals surface area contributed by atoms with E-state index >= 15 is 0 Å². The Morgan fingerprint density at radius 3 is 2.62 bits per heavy atom. The largest absolute Gasteiger partial charge is 0.443 e. The molecule has 0 bridgehead atoms. The molecule has 4 rings (SSSR count). The molecule has 1 saturated heterocycles. The highest BCUT2D eigenvalue weighted by molar-refractivity contribution is 5.23. The number of oxazole rings is 1. The molecule has 154 valence electrons. The molecule has 1 aliphatic heterocycles. The van der Waals surface area contributed by atoms with Crippen LogP contribution in [0.15, 0.2) is 45.7 Å². The molecule has 3 aromatic rings. The number of hydrogen-bond donors (Lipinski definition) is 0. The highest BCUT2D eigenvalue weighted by atomic mass is 16.5. The second-order valence-electron chi connectivity index (χ2n) is 8.51. The van der Waals surface area contributed by atoms with Crippen molar-refractivity contribution in [3.63, 3.8) is 0 Å². The molecular weight excluding hydrogens is 368 g/mol. The summed E-state index contributed by atoms with van der Waals surface area (Å²) in [5.74, 6) is 2.13. The van der Waals surface area contributed by atoms with Crippen LogP contribution in [0.2, 0.25) is 0 Å². The van der Waals surface area contributed by atoms with Gasteiger partial charge in [-0.1, -0.05) is 51.1 Å². The van der Waals surface area contributed by atoms with Crippen molar-refractivity contribution in [2.45, 2.75) is 64.6 Å². The highest BCUT2D eigenvalue weighted by Crippen LogP contribution is 2.40. The van der Waals surface area contributed by atoms with E-state index in [4.69, 9.17) is 9.15 Å². The van der Waals surface area contributed by atoms with Gasteiger partial charge in [-0.15, -0.1) is 0 Å². The molecule has 7 heteroatoms.